The smallest absolute Gasteiger partial charge is 0.00967 e. The highest BCUT2D eigenvalue weighted by atomic mass is 15.1. The Morgan fingerprint density at radius 1 is 1.00 bits per heavy atom. The maximum atomic E-state index is 3.66. The van der Waals surface area contributed by atoms with E-state index >= 15 is 0 Å². The molecule has 110 valence electrons. The van der Waals surface area contributed by atoms with Crippen LogP contribution in [-0.4, -0.2) is 37.1 Å². The molecule has 0 saturated heterocycles. The molecule has 0 heterocycles. The van der Waals surface area contributed by atoms with Gasteiger partial charge >= 0.3 is 0 Å². The van der Waals surface area contributed by atoms with Crippen LogP contribution in [0.3, 0.4) is 0 Å². The Labute approximate surface area is 116 Å². The van der Waals surface area contributed by atoms with Crippen LogP contribution in [0.5, 0.6) is 0 Å². The quantitative estimate of drug-likeness (QED) is 0.629. The predicted molar refractivity (Wildman–Crippen MR) is 83.2 cm³/mol. The lowest BCUT2D eigenvalue weighted by Crippen LogP contribution is -2.46. The monoisotopic (exact) mass is 256 g/mol. The molecule has 0 spiro atoms. The number of hydrogen-bond acceptors (Lipinski definition) is 2. The summed E-state index contributed by atoms with van der Waals surface area (Å²) in [5, 5.41) is 3.66. The lowest BCUT2D eigenvalue weighted by Gasteiger charge is -2.36. The minimum Gasteiger partial charge on any atom is -0.311 e. The first-order valence-electron chi connectivity index (χ1n) is 7.66. The van der Waals surface area contributed by atoms with E-state index in [9.17, 15) is 0 Å². The van der Waals surface area contributed by atoms with E-state index < -0.39 is 0 Å². The summed E-state index contributed by atoms with van der Waals surface area (Å²) in [5.41, 5.74) is 0.603. The Balaban J connectivity index is 4.12. The van der Waals surface area contributed by atoms with E-state index in [1.165, 1.54) is 38.8 Å². The first kappa shape index (κ1) is 17.9. The van der Waals surface area contributed by atoms with Crippen LogP contribution in [0.25, 0.3) is 0 Å². The van der Waals surface area contributed by atoms with Crippen molar-refractivity contribution in [2.45, 2.75) is 72.8 Å². The predicted octanol–water partition coefficient (Wildman–Crippen LogP) is 3.91. The molecular weight excluding hydrogens is 220 g/mol. The zero-order valence-corrected chi connectivity index (χ0v) is 13.9. The van der Waals surface area contributed by atoms with E-state index in [2.05, 4.69) is 58.8 Å². The molecule has 0 aliphatic rings. The molecule has 2 nitrogen and oxygen atoms in total. The molecule has 0 rings (SSSR count). The van der Waals surface area contributed by atoms with Gasteiger partial charge in [0.1, 0.15) is 0 Å². The van der Waals surface area contributed by atoms with Crippen molar-refractivity contribution in [3.8, 4) is 0 Å². The third-order valence-electron chi connectivity index (χ3n) is 3.69. The summed E-state index contributed by atoms with van der Waals surface area (Å²) in [6.45, 7) is 17.2. The summed E-state index contributed by atoms with van der Waals surface area (Å²) in [5.74, 6) is 0. The van der Waals surface area contributed by atoms with Crippen LogP contribution in [0, 0.1) is 5.41 Å². The summed E-state index contributed by atoms with van der Waals surface area (Å²) >= 11 is 0. The lowest BCUT2D eigenvalue weighted by atomic mass is 9.86. The van der Waals surface area contributed by atoms with Gasteiger partial charge in [-0.1, -0.05) is 33.6 Å². The maximum Gasteiger partial charge on any atom is 0.00967 e. The van der Waals surface area contributed by atoms with Crippen LogP contribution in [0.4, 0.5) is 0 Å². The average molecular weight is 256 g/mol. The van der Waals surface area contributed by atoms with E-state index in [1.54, 1.807) is 0 Å². The van der Waals surface area contributed by atoms with E-state index in [0.717, 1.165) is 6.54 Å². The fourth-order valence-corrected chi connectivity index (χ4v) is 2.13. The van der Waals surface area contributed by atoms with Gasteiger partial charge < -0.3 is 10.2 Å². The topological polar surface area (TPSA) is 15.3 Å². The third-order valence-corrected chi connectivity index (χ3v) is 3.69. The van der Waals surface area contributed by atoms with Crippen LogP contribution >= 0.6 is 0 Å². The van der Waals surface area contributed by atoms with Crippen molar-refractivity contribution in [2.75, 3.05) is 26.7 Å². The molecule has 0 radical (unpaired) electrons. The van der Waals surface area contributed by atoms with Gasteiger partial charge in [-0.25, -0.2) is 0 Å². The lowest BCUT2D eigenvalue weighted by molar-refractivity contribution is 0.166. The van der Waals surface area contributed by atoms with Gasteiger partial charge in [0.15, 0.2) is 0 Å². The van der Waals surface area contributed by atoms with E-state index in [-0.39, 0.29) is 5.54 Å². The molecule has 0 aliphatic carbocycles. The zero-order valence-electron chi connectivity index (χ0n) is 13.9. The van der Waals surface area contributed by atoms with Gasteiger partial charge in [0, 0.05) is 18.6 Å². The van der Waals surface area contributed by atoms with E-state index in [0.29, 0.717) is 5.41 Å². The van der Waals surface area contributed by atoms with Crippen molar-refractivity contribution in [1.82, 2.24) is 10.2 Å². The Hall–Kier alpha value is -0.0800. The van der Waals surface area contributed by atoms with Gasteiger partial charge in [-0.3, -0.25) is 0 Å². The molecule has 0 aromatic heterocycles. The van der Waals surface area contributed by atoms with Crippen LogP contribution < -0.4 is 5.32 Å². The van der Waals surface area contributed by atoms with Crippen molar-refractivity contribution in [1.29, 1.82) is 0 Å². The second kappa shape index (κ2) is 8.16. The Morgan fingerprint density at radius 3 is 2.06 bits per heavy atom. The van der Waals surface area contributed by atoms with Crippen LogP contribution in [0.1, 0.15) is 67.2 Å². The average Bonchev–Trinajstić information content (AvgIpc) is 2.26. The van der Waals surface area contributed by atoms with E-state index in [1.807, 2.05) is 0 Å². The summed E-state index contributed by atoms with van der Waals surface area (Å²) in [6.07, 6.45) is 5.23. The minimum absolute atomic E-state index is 0.219. The summed E-state index contributed by atoms with van der Waals surface area (Å²) in [4.78, 5) is 2.50. The molecule has 1 unspecified atom stereocenters. The highest BCUT2D eigenvalue weighted by Crippen LogP contribution is 2.22. The molecule has 1 atom stereocenters. The largest absolute Gasteiger partial charge is 0.311 e. The molecule has 0 fully saturated rings. The van der Waals surface area contributed by atoms with Gasteiger partial charge in [-0.05, 0) is 52.6 Å². The number of rotatable bonds is 9. The Bertz CT molecular complexity index is 208. The Kier molecular flexibility index (Phi) is 8.13. The summed E-state index contributed by atoms with van der Waals surface area (Å²) in [7, 11) is 2.26. The van der Waals surface area contributed by atoms with E-state index in [4.69, 9.17) is 0 Å². The van der Waals surface area contributed by atoms with Crippen molar-refractivity contribution in [3.05, 3.63) is 0 Å². The fraction of sp³-hybridized carbons (Fsp3) is 1.00. The standard InChI is InChI=1S/C16H36N2/c1-8-10-11-12-18(7)14-16(6,9-2)13-17-15(3,4)5/h17H,8-14H2,1-7H3. The molecule has 1 N–H and O–H groups in total. The molecule has 0 aromatic rings. The maximum absolute atomic E-state index is 3.66. The SMILES string of the molecule is CCCCCN(C)CC(C)(CC)CNC(C)(C)C. The fourth-order valence-electron chi connectivity index (χ4n) is 2.13. The molecule has 0 saturated carbocycles. The molecule has 0 amide bonds. The highest BCUT2D eigenvalue weighted by molar-refractivity contribution is 4.82. The molecule has 0 aliphatic heterocycles. The first-order valence-corrected chi connectivity index (χ1v) is 7.66. The zero-order chi connectivity index (χ0) is 14.2. The molecular formula is C16H36N2. The van der Waals surface area contributed by atoms with Crippen molar-refractivity contribution in [3.63, 3.8) is 0 Å². The molecule has 0 aromatic carbocycles. The van der Waals surface area contributed by atoms with Gasteiger partial charge in [-0.15, -0.1) is 0 Å². The van der Waals surface area contributed by atoms with Gasteiger partial charge in [0.05, 0.1) is 0 Å². The number of hydrogen-bond donors (Lipinski definition) is 1. The third kappa shape index (κ3) is 8.93. The van der Waals surface area contributed by atoms with Gasteiger partial charge in [0.2, 0.25) is 0 Å². The number of nitrogens with one attached hydrogen (secondary N) is 1. The first-order chi connectivity index (χ1) is 8.22. The molecule has 0 bridgehead atoms. The van der Waals surface area contributed by atoms with Crippen LogP contribution in [0.2, 0.25) is 0 Å². The summed E-state index contributed by atoms with van der Waals surface area (Å²) < 4.78 is 0. The van der Waals surface area contributed by atoms with Crippen molar-refractivity contribution >= 4 is 0 Å². The molecule has 18 heavy (non-hydrogen) atoms. The highest BCUT2D eigenvalue weighted by Gasteiger charge is 2.25. The second-order valence-corrected chi connectivity index (χ2v) is 7.21. The minimum atomic E-state index is 0.219. The van der Waals surface area contributed by atoms with Crippen LogP contribution in [0.15, 0.2) is 0 Å². The summed E-state index contributed by atoms with van der Waals surface area (Å²) in [6, 6.07) is 0. The van der Waals surface area contributed by atoms with Crippen LogP contribution in [-0.2, 0) is 0 Å². The number of unbranched alkanes of at least 4 members (excludes halogenated alkanes) is 2. The molecule has 2 heteroatoms. The van der Waals surface area contributed by atoms with Gasteiger partial charge in [0.25, 0.3) is 0 Å². The Morgan fingerprint density at radius 2 is 1.61 bits per heavy atom. The van der Waals surface area contributed by atoms with Gasteiger partial charge in [-0.2, -0.15) is 0 Å². The van der Waals surface area contributed by atoms with Crippen molar-refractivity contribution < 1.29 is 0 Å². The second-order valence-electron chi connectivity index (χ2n) is 7.21. The van der Waals surface area contributed by atoms with Crippen molar-refractivity contribution in [2.24, 2.45) is 5.41 Å². The normalized spacial score (nSPS) is 16.0. The number of nitrogens with zero attached hydrogens (tertiary/aromatic N) is 1.